The van der Waals surface area contributed by atoms with Gasteiger partial charge >= 0.3 is 0 Å². The number of thiocarbonyl (C=S) groups is 1. The van der Waals surface area contributed by atoms with Crippen molar-refractivity contribution in [2.45, 2.75) is 6.42 Å². The van der Waals surface area contributed by atoms with Gasteiger partial charge in [0.2, 0.25) is 0 Å². The number of nitrogens with zero attached hydrogens (tertiary/aromatic N) is 4. The van der Waals surface area contributed by atoms with Gasteiger partial charge in [-0.25, -0.2) is 0 Å². The Morgan fingerprint density at radius 2 is 2.07 bits per heavy atom. The van der Waals surface area contributed by atoms with E-state index in [1.54, 1.807) is 24.4 Å². The molecule has 28 heavy (non-hydrogen) atoms. The van der Waals surface area contributed by atoms with Gasteiger partial charge in [0.05, 0.1) is 16.4 Å². The first kappa shape index (κ1) is 18.8. The Hall–Kier alpha value is -2.58. The molecule has 0 saturated carbocycles. The van der Waals surface area contributed by atoms with Gasteiger partial charge < -0.3 is 20.2 Å². The Bertz CT molecular complexity index is 913. The first-order valence-electron chi connectivity index (χ1n) is 9.16. The summed E-state index contributed by atoms with van der Waals surface area (Å²) in [7, 11) is 0. The quantitative estimate of drug-likeness (QED) is 0.513. The maximum atomic E-state index is 9.66. The van der Waals surface area contributed by atoms with Gasteiger partial charge in [0.15, 0.2) is 5.11 Å². The number of phenolic OH excluding ortho intramolecular Hbond substituents is 1. The lowest BCUT2D eigenvalue weighted by molar-refractivity contribution is 0.381. The van der Waals surface area contributed by atoms with E-state index in [1.165, 1.54) is 0 Å². The summed E-state index contributed by atoms with van der Waals surface area (Å²) in [4.78, 5) is 8.74. The molecule has 0 amide bonds. The third-order valence-corrected chi connectivity index (χ3v) is 5.55. The highest BCUT2D eigenvalue weighted by atomic mass is 35.5. The highest BCUT2D eigenvalue weighted by Gasteiger charge is 2.21. The van der Waals surface area contributed by atoms with E-state index < -0.39 is 0 Å². The van der Waals surface area contributed by atoms with Crippen LogP contribution >= 0.6 is 23.8 Å². The molecular weight excluding hydrogens is 396 g/mol. The van der Waals surface area contributed by atoms with E-state index in [0.717, 1.165) is 61.9 Å². The number of phenols is 1. The number of fused-ring (bicyclic) bond motifs is 1. The zero-order valence-electron chi connectivity index (χ0n) is 15.2. The summed E-state index contributed by atoms with van der Waals surface area (Å²) in [6.07, 6.45) is 2.43. The lowest BCUT2D eigenvalue weighted by Crippen LogP contribution is -2.51. The lowest BCUT2D eigenvalue weighted by atomic mass is 10.1. The number of halogens is 1. The molecule has 1 aromatic carbocycles. The van der Waals surface area contributed by atoms with Gasteiger partial charge in [-0.1, -0.05) is 17.7 Å². The van der Waals surface area contributed by atoms with E-state index in [-0.39, 0.29) is 5.75 Å². The third kappa shape index (κ3) is 3.98. The second-order valence-corrected chi connectivity index (χ2v) is 7.46. The molecule has 146 valence electrons. The lowest BCUT2D eigenvalue weighted by Gasteiger charge is -2.37. The molecule has 2 aliphatic heterocycles. The van der Waals surface area contributed by atoms with Gasteiger partial charge in [-0.15, -0.1) is 0 Å². The Morgan fingerprint density at radius 1 is 1.25 bits per heavy atom. The molecule has 0 radical (unpaired) electrons. The second-order valence-electron chi connectivity index (χ2n) is 6.66. The number of aromatic hydroxyl groups is 1. The van der Waals surface area contributed by atoms with E-state index in [2.05, 4.69) is 30.6 Å². The maximum absolute atomic E-state index is 9.66. The number of piperazine rings is 1. The van der Waals surface area contributed by atoms with Crippen molar-refractivity contribution in [2.24, 2.45) is 5.10 Å². The molecule has 0 spiro atoms. The zero-order valence-corrected chi connectivity index (χ0v) is 16.8. The zero-order chi connectivity index (χ0) is 19.5. The molecule has 1 aromatic heterocycles. The number of anilines is 2. The molecule has 9 heteroatoms. The Labute approximate surface area is 174 Å². The van der Waals surface area contributed by atoms with Crippen LogP contribution in [0.1, 0.15) is 12.1 Å². The molecular formula is C19H21ClN6OS. The highest BCUT2D eigenvalue weighted by Crippen LogP contribution is 2.28. The topological polar surface area (TPSA) is 76.0 Å². The normalized spacial score (nSPS) is 17.8. The van der Waals surface area contributed by atoms with Gasteiger partial charge in [0.1, 0.15) is 11.4 Å². The van der Waals surface area contributed by atoms with Crippen molar-refractivity contribution in [1.29, 1.82) is 0 Å². The predicted octanol–water partition coefficient (Wildman–Crippen LogP) is 2.66. The molecule has 2 aromatic rings. The summed E-state index contributed by atoms with van der Waals surface area (Å²) in [5.41, 5.74) is 6.48. The maximum Gasteiger partial charge on any atom is 0.189 e. The Balaban J connectivity index is 1.37. The first-order valence-corrected chi connectivity index (χ1v) is 9.94. The van der Waals surface area contributed by atoms with Crippen LogP contribution in [-0.4, -0.2) is 58.5 Å². The van der Waals surface area contributed by atoms with Crippen LogP contribution in [0.3, 0.4) is 0 Å². The fourth-order valence-electron chi connectivity index (χ4n) is 3.40. The standard InChI is InChI=1S/C19H21ClN6OS/c20-15-4-6-22-18-16(5-7-21-17(15)18)23-24-19(28)26-10-8-25(9-11-26)13-2-1-3-14(27)12-13/h1-4,6,12,21,27H,5,7-11H2,(H,24,28)/b23-16-. The number of benzene rings is 1. The number of hydrogen-bond acceptors (Lipinski definition) is 6. The second kappa shape index (κ2) is 8.20. The smallest absolute Gasteiger partial charge is 0.189 e. The van der Waals surface area contributed by atoms with Crippen LogP contribution in [0.5, 0.6) is 5.75 Å². The van der Waals surface area contributed by atoms with E-state index in [1.807, 2.05) is 12.1 Å². The van der Waals surface area contributed by atoms with Crippen molar-refractivity contribution in [3.63, 3.8) is 0 Å². The largest absolute Gasteiger partial charge is 0.508 e. The van der Waals surface area contributed by atoms with Crippen LogP contribution in [0.15, 0.2) is 41.6 Å². The third-order valence-electron chi connectivity index (χ3n) is 4.89. The molecule has 0 unspecified atom stereocenters. The average Bonchev–Trinajstić information content (AvgIpc) is 2.72. The molecule has 0 bridgehead atoms. The summed E-state index contributed by atoms with van der Waals surface area (Å²) >= 11 is 11.8. The minimum Gasteiger partial charge on any atom is -0.508 e. The van der Waals surface area contributed by atoms with Crippen molar-refractivity contribution in [1.82, 2.24) is 15.3 Å². The average molecular weight is 417 g/mol. The fourth-order valence-corrected chi connectivity index (χ4v) is 3.84. The van der Waals surface area contributed by atoms with Crippen LogP contribution in [0, 0.1) is 0 Å². The highest BCUT2D eigenvalue weighted by molar-refractivity contribution is 7.80. The molecule has 3 heterocycles. The van der Waals surface area contributed by atoms with Crippen molar-refractivity contribution in [3.05, 3.63) is 47.2 Å². The summed E-state index contributed by atoms with van der Waals surface area (Å²) in [6.45, 7) is 3.98. The molecule has 4 rings (SSSR count). The molecule has 2 aliphatic rings. The van der Waals surface area contributed by atoms with Crippen molar-refractivity contribution < 1.29 is 5.11 Å². The Kier molecular flexibility index (Phi) is 5.50. The summed E-state index contributed by atoms with van der Waals surface area (Å²) in [5, 5.41) is 18.7. The fraction of sp³-hybridized carbons (Fsp3) is 0.316. The van der Waals surface area contributed by atoms with Crippen LogP contribution < -0.4 is 15.6 Å². The minimum atomic E-state index is 0.281. The monoisotopic (exact) mass is 416 g/mol. The van der Waals surface area contributed by atoms with E-state index in [9.17, 15) is 5.11 Å². The predicted molar refractivity (Wildman–Crippen MR) is 117 cm³/mol. The number of pyridine rings is 1. The van der Waals surface area contributed by atoms with E-state index in [4.69, 9.17) is 23.8 Å². The van der Waals surface area contributed by atoms with Gasteiger partial charge in [-0.2, -0.15) is 5.10 Å². The van der Waals surface area contributed by atoms with Gasteiger partial charge in [0, 0.05) is 57.1 Å². The van der Waals surface area contributed by atoms with Crippen molar-refractivity contribution in [2.75, 3.05) is 42.9 Å². The summed E-state index contributed by atoms with van der Waals surface area (Å²) < 4.78 is 0. The minimum absolute atomic E-state index is 0.281. The van der Waals surface area contributed by atoms with Crippen LogP contribution in [-0.2, 0) is 0 Å². The number of aromatic nitrogens is 1. The van der Waals surface area contributed by atoms with Gasteiger partial charge in [0.25, 0.3) is 0 Å². The molecule has 1 saturated heterocycles. The summed E-state index contributed by atoms with van der Waals surface area (Å²) in [5.74, 6) is 0.281. The SMILES string of the molecule is Oc1cccc(N2CCN(C(=S)N/N=C3/CCNc4c(Cl)ccnc43)CC2)c1. The first-order chi connectivity index (χ1) is 13.6. The number of nitrogens with one attached hydrogen (secondary N) is 2. The Morgan fingerprint density at radius 3 is 2.86 bits per heavy atom. The summed E-state index contributed by atoms with van der Waals surface area (Å²) in [6, 6.07) is 9.09. The number of hydrazone groups is 1. The van der Waals surface area contributed by atoms with Gasteiger partial charge in [-0.05, 0) is 30.4 Å². The van der Waals surface area contributed by atoms with Crippen LogP contribution in [0.2, 0.25) is 5.02 Å². The molecule has 1 fully saturated rings. The van der Waals surface area contributed by atoms with Crippen LogP contribution in [0.4, 0.5) is 11.4 Å². The van der Waals surface area contributed by atoms with E-state index in [0.29, 0.717) is 10.1 Å². The molecule has 7 nitrogen and oxygen atoms in total. The number of rotatable bonds is 2. The molecule has 3 N–H and O–H groups in total. The molecule has 0 atom stereocenters. The number of hydrogen-bond donors (Lipinski definition) is 3. The van der Waals surface area contributed by atoms with Crippen molar-refractivity contribution in [3.8, 4) is 5.75 Å². The van der Waals surface area contributed by atoms with E-state index >= 15 is 0 Å². The van der Waals surface area contributed by atoms with Gasteiger partial charge in [-0.3, -0.25) is 10.4 Å². The molecule has 0 aliphatic carbocycles. The van der Waals surface area contributed by atoms with Crippen molar-refractivity contribution >= 4 is 46.0 Å². The van der Waals surface area contributed by atoms with Crippen LogP contribution in [0.25, 0.3) is 0 Å².